The Hall–Kier alpha value is -2.08. The molecule has 2 aliphatic rings. The SMILES string of the molecule is C[C@H](NC(=O)N1CCC[C@H](C(=O)N2CCOCC2)C1)c1ccccc1. The molecule has 0 aliphatic carbocycles. The van der Waals surface area contributed by atoms with Crippen LogP contribution in [0.25, 0.3) is 0 Å². The van der Waals surface area contributed by atoms with E-state index in [1.807, 2.05) is 42.2 Å². The third kappa shape index (κ3) is 4.51. The van der Waals surface area contributed by atoms with Crippen molar-refractivity contribution in [3.63, 3.8) is 0 Å². The summed E-state index contributed by atoms with van der Waals surface area (Å²) in [6.07, 6.45) is 1.72. The molecule has 6 heteroatoms. The summed E-state index contributed by atoms with van der Waals surface area (Å²) in [7, 11) is 0. The van der Waals surface area contributed by atoms with Crippen molar-refractivity contribution in [3.8, 4) is 0 Å². The average molecular weight is 345 g/mol. The van der Waals surface area contributed by atoms with Crippen molar-refractivity contribution in [1.29, 1.82) is 0 Å². The van der Waals surface area contributed by atoms with Crippen LogP contribution in [0.5, 0.6) is 0 Å². The molecule has 2 atom stereocenters. The highest BCUT2D eigenvalue weighted by molar-refractivity contribution is 5.81. The Morgan fingerprint density at radius 1 is 1.12 bits per heavy atom. The molecule has 1 aromatic rings. The molecule has 136 valence electrons. The molecular formula is C19H27N3O3. The van der Waals surface area contributed by atoms with Crippen LogP contribution >= 0.6 is 0 Å². The zero-order valence-corrected chi connectivity index (χ0v) is 14.8. The minimum absolute atomic E-state index is 0.0518. The lowest BCUT2D eigenvalue weighted by molar-refractivity contribution is -0.141. The van der Waals surface area contributed by atoms with Crippen molar-refractivity contribution in [2.24, 2.45) is 5.92 Å². The van der Waals surface area contributed by atoms with Crippen LogP contribution in [0.2, 0.25) is 0 Å². The molecule has 3 amide bonds. The van der Waals surface area contributed by atoms with Crippen LogP contribution in [0.1, 0.15) is 31.4 Å². The highest BCUT2D eigenvalue weighted by atomic mass is 16.5. The van der Waals surface area contributed by atoms with Crippen LogP contribution in [-0.4, -0.2) is 61.1 Å². The standard InChI is InChI=1S/C19H27N3O3/c1-15(16-6-3-2-4-7-16)20-19(24)22-9-5-8-17(14-22)18(23)21-10-12-25-13-11-21/h2-4,6-7,15,17H,5,8-14H2,1H3,(H,20,24)/t15-,17-/m0/s1. The van der Waals surface area contributed by atoms with E-state index in [0.29, 0.717) is 39.4 Å². The number of nitrogens with zero attached hydrogens (tertiary/aromatic N) is 2. The first kappa shape index (κ1) is 17.7. The number of hydrogen-bond acceptors (Lipinski definition) is 3. The molecule has 1 N–H and O–H groups in total. The summed E-state index contributed by atoms with van der Waals surface area (Å²) < 4.78 is 5.31. The van der Waals surface area contributed by atoms with Gasteiger partial charge in [0.05, 0.1) is 25.2 Å². The van der Waals surface area contributed by atoms with Gasteiger partial charge in [0.1, 0.15) is 0 Å². The second-order valence-corrected chi connectivity index (χ2v) is 6.80. The van der Waals surface area contributed by atoms with E-state index in [2.05, 4.69) is 5.32 Å². The number of carbonyl (C=O) groups excluding carboxylic acids is 2. The van der Waals surface area contributed by atoms with Gasteiger partial charge in [-0.15, -0.1) is 0 Å². The van der Waals surface area contributed by atoms with Gasteiger partial charge in [0.25, 0.3) is 0 Å². The number of likely N-dealkylation sites (tertiary alicyclic amines) is 1. The second-order valence-electron chi connectivity index (χ2n) is 6.80. The van der Waals surface area contributed by atoms with Crippen molar-refractivity contribution in [1.82, 2.24) is 15.1 Å². The number of rotatable bonds is 3. The smallest absolute Gasteiger partial charge is 0.317 e. The number of nitrogens with one attached hydrogen (secondary N) is 1. The van der Waals surface area contributed by atoms with Crippen LogP contribution in [0, 0.1) is 5.92 Å². The maximum atomic E-state index is 12.7. The lowest BCUT2D eigenvalue weighted by atomic mass is 9.96. The van der Waals surface area contributed by atoms with E-state index < -0.39 is 0 Å². The summed E-state index contributed by atoms with van der Waals surface area (Å²) in [6, 6.07) is 9.77. The van der Waals surface area contributed by atoms with Crippen LogP contribution in [0.15, 0.2) is 30.3 Å². The average Bonchev–Trinajstić information content (AvgIpc) is 2.68. The normalized spacial score (nSPS) is 22.4. The van der Waals surface area contributed by atoms with E-state index in [1.54, 1.807) is 4.90 Å². The summed E-state index contributed by atoms with van der Waals surface area (Å²) >= 11 is 0. The molecule has 0 unspecified atom stereocenters. The Labute approximate surface area is 149 Å². The molecule has 0 saturated carbocycles. The molecule has 2 saturated heterocycles. The fourth-order valence-electron chi connectivity index (χ4n) is 3.51. The summed E-state index contributed by atoms with van der Waals surface area (Å²) in [5, 5.41) is 3.05. The maximum Gasteiger partial charge on any atom is 0.317 e. The number of carbonyl (C=O) groups is 2. The molecule has 3 rings (SSSR count). The van der Waals surface area contributed by atoms with Crippen molar-refractivity contribution < 1.29 is 14.3 Å². The lowest BCUT2D eigenvalue weighted by Gasteiger charge is -2.36. The summed E-state index contributed by atoms with van der Waals surface area (Å²) in [6.45, 7) is 5.73. The lowest BCUT2D eigenvalue weighted by Crippen LogP contribution is -2.51. The Bertz CT molecular complexity index is 587. The van der Waals surface area contributed by atoms with Gasteiger partial charge in [-0.05, 0) is 25.3 Å². The molecule has 1 aromatic carbocycles. The number of morpholine rings is 1. The first-order valence-corrected chi connectivity index (χ1v) is 9.12. The van der Waals surface area contributed by atoms with Gasteiger partial charge in [-0.2, -0.15) is 0 Å². The first-order valence-electron chi connectivity index (χ1n) is 9.12. The largest absolute Gasteiger partial charge is 0.378 e. The van der Waals surface area contributed by atoms with E-state index in [9.17, 15) is 9.59 Å². The number of urea groups is 1. The summed E-state index contributed by atoms with van der Waals surface area (Å²) in [4.78, 5) is 28.9. The fraction of sp³-hybridized carbons (Fsp3) is 0.579. The highest BCUT2D eigenvalue weighted by Gasteiger charge is 2.32. The van der Waals surface area contributed by atoms with E-state index in [4.69, 9.17) is 4.74 Å². The molecule has 2 heterocycles. The number of ether oxygens (including phenoxy) is 1. The van der Waals surface area contributed by atoms with Crippen molar-refractivity contribution >= 4 is 11.9 Å². The van der Waals surface area contributed by atoms with E-state index in [1.165, 1.54) is 0 Å². The van der Waals surface area contributed by atoms with Gasteiger partial charge in [0, 0.05) is 26.2 Å². The zero-order valence-electron chi connectivity index (χ0n) is 14.8. The van der Waals surface area contributed by atoms with Gasteiger partial charge in [-0.25, -0.2) is 4.79 Å². The Balaban J connectivity index is 1.55. The van der Waals surface area contributed by atoms with Crippen molar-refractivity contribution in [2.75, 3.05) is 39.4 Å². The predicted octanol–water partition coefficient (Wildman–Crippen LogP) is 2.03. The highest BCUT2D eigenvalue weighted by Crippen LogP contribution is 2.20. The van der Waals surface area contributed by atoms with Gasteiger partial charge < -0.3 is 19.9 Å². The van der Waals surface area contributed by atoms with Crippen LogP contribution < -0.4 is 5.32 Å². The minimum atomic E-state index is -0.0929. The first-order chi connectivity index (χ1) is 12.1. The molecule has 0 radical (unpaired) electrons. The van der Waals surface area contributed by atoms with E-state index in [-0.39, 0.29) is 23.9 Å². The van der Waals surface area contributed by atoms with Crippen molar-refractivity contribution in [3.05, 3.63) is 35.9 Å². The number of amides is 3. The molecule has 25 heavy (non-hydrogen) atoms. The van der Waals surface area contributed by atoms with E-state index >= 15 is 0 Å². The number of piperidine rings is 1. The third-order valence-electron chi connectivity index (χ3n) is 5.02. The predicted molar refractivity (Wildman–Crippen MR) is 95.1 cm³/mol. The maximum absolute atomic E-state index is 12.7. The monoisotopic (exact) mass is 345 g/mol. The second kappa shape index (κ2) is 8.34. The van der Waals surface area contributed by atoms with Crippen LogP contribution in [0.4, 0.5) is 4.79 Å². The number of benzene rings is 1. The third-order valence-corrected chi connectivity index (χ3v) is 5.02. The Kier molecular flexibility index (Phi) is 5.91. The Morgan fingerprint density at radius 3 is 2.56 bits per heavy atom. The molecule has 0 aromatic heterocycles. The molecular weight excluding hydrogens is 318 g/mol. The quantitative estimate of drug-likeness (QED) is 0.912. The van der Waals surface area contributed by atoms with Gasteiger partial charge in [-0.1, -0.05) is 30.3 Å². The zero-order chi connectivity index (χ0) is 17.6. The molecule has 0 bridgehead atoms. The van der Waals surface area contributed by atoms with E-state index in [0.717, 1.165) is 18.4 Å². The summed E-state index contributed by atoms with van der Waals surface area (Å²) in [5.74, 6) is 0.0709. The topological polar surface area (TPSA) is 61.9 Å². The summed E-state index contributed by atoms with van der Waals surface area (Å²) in [5.41, 5.74) is 1.08. The van der Waals surface area contributed by atoms with Crippen molar-refractivity contribution in [2.45, 2.75) is 25.8 Å². The minimum Gasteiger partial charge on any atom is -0.378 e. The molecule has 2 fully saturated rings. The molecule has 2 aliphatic heterocycles. The Morgan fingerprint density at radius 2 is 1.84 bits per heavy atom. The molecule has 0 spiro atoms. The van der Waals surface area contributed by atoms with Gasteiger partial charge in [0.15, 0.2) is 0 Å². The van der Waals surface area contributed by atoms with Gasteiger partial charge >= 0.3 is 6.03 Å². The van der Waals surface area contributed by atoms with Gasteiger partial charge in [-0.3, -0.25) is 4.79 Å². The van der Waals surface area contributed by atoms with Crippen LogP contribution in [0.3, 0.4) is 0 Å². The fourth-order valence-corrected chi connectivity index (χ4v) is 3.51. The van der Waals surface area contributed by atoms with Crippen LogP contribution in [-0.2, 0) is 9.53 Å². The van der Waals surface area contributed by atoms with Gasteiger partial charge in [0.2, 0.25) is 5.91 Å². The molecule has 6 nitrogen and oxygen atoms in total. The number of hydrogen-bond donors (Lipinski definition) is 1.